The van der Waals surface area contributed by atoms with Gasteiger partial charge >= 0.3 is 0 Å². The molecule has 0 aliphatic heterocycles. The number of nitrogens with one attached hydrogen (secondary N) is 1. The second kappa shape index (κ2) is 6.48. The Morgan fingerprint density at radius 2 is 2.00 bits per heavy atom. The van der Waals surface area contributed by atoms with Gasteiger partial charge in [0, 0.05) is 23.9 Å². The molecule has 2 aromatic heterocycles. The minimum atomic E-state index is -0.131. The van der Waals surface area contributed by atoms with Crippen LogP contribution in [0.2, 0.25) is 0 Å². The van der Waals surface area contributed by atoms with Gasteiger partial charge in [-0.2, -0.15) is 10.2 Å². The van der Waals surface area contributed by atoms with Crippen molar-refractivity contribution in [2.75, 3.05) is 5.32 Å². The Labute approximate surface area is 154 Å². The van der Waals surface area contributed by atoms with Gasteiger partial charge in [-0.25, -0.2) is 9.36 Å². The zero-order chi connectivity index (χ0) is 17.4. The van der Waals surface area contributed by atoms with E-state index >= 15 is 0 Å². The van der Waals surface area contributed by atoms with Crippen LogP contribution in [0.3, 0.4) is 0 Å². The minimum Gasteiger partial charge on any atom is -0.307 e. The third-order valence-electron chi connectivity index (χ3n) is 4.33. The Bertz CT molecular complexity index is 908. The molecule has 4 rings (SSSR count). The summed E-state index contributed by atoms with van der Waals surface area (Å²) in [5, 5.41) is 11.6. The minimum absolute atomic E-state index is 0.131. The molecule has 2 heterocycles. The lowest BCUT2D eigenvalue weighted by Crippen LogP contribution is -2.17. The average Bonchev–Trinajstić information content (AvgIpc) is 3.23. The fraction of sp³-hybridized carbons (Fsp3) is 0.278. The van der Waals surface area contributed by atoms with Crippen LogP contribution in [0.25, 0.3) is 5.69 Å². The SMILES string of the molecule is Cc1cnn(CC2CC2)c1NC(=O)c1ccc(-n2cc(Br)cn2)cc1. The fourth-order valence-electron chi connectivity index (χ4n) is 2.71. The highest BCUT2D eigenvalue weighted by Crippen LogP contribution is 2.32. The lowest BCUT2D eigenvalue weighted by molar-refractivity contribution is 0.102. The molecule has 1 aromatic carbocycles. The molecule has 1 amide bonds. The van der Waals surface area contributed by atoms with E-state index in [1.807, 2.05) is 29.9 Å². The van der Waals surface area contributed by atoms with E-state index in [2.05, 4.69) is 31.4 Å². The van der Waals surface area contributed by atoms with E-state index in [1.54, 1.807) is 29.2 Å². The maximum absolute atomic E-state index is 12.6. The van der Waals surface area contributed by atoms with Crippen LogP contribution >= 0.6 is 15.9 Å². The maximum atomic E-state index is 12.6. The standard InChI is InChI=1S/C18H18BrN5O/c1-12-8-20-24(10-13-2-3-13)17(12)22-18(25)14-4-6-16(7-5-14)23-11-15(19)9-21-23/h4-9,11,13H,2-3,10H2,1H3,(H,22,25). The van der Waals surface area contributed by atoms with E-state index in [0.29, 0.717) is 11.5 Å². The van der Waals surface area contributed by atoms with Gasteiger partial charge in [-0.15, -0.1) is 0 Å². The van der Waals surface area contributed by atoms with E-state index in [1.165, 1.54) is 12.8 Å². The molecule has 6 nitrogen and oxygen atoms in total. The number of carbonyl (C=O) groups excluding carboxylic acids is 1. The number of benzene rings is 1. The van der Waals surface area contributed by atoms with Gasteiger partial charge in [0.05, 0.1) is 22.6 Å². The highest BCUT2D eigenvalue weighted by molar-refractivity contribution is 9.10. The number of anilines is 1. The highest BCUT2D eigenvalue weighted by atomic mass is 79.9. The molecule has 128 valence electrons. The summed E-state index contributed by atoms with van der Waals surface area (Å²) in [5.74, 6) is 1.36. The van der Waals surface area contributed by atoms with Crippen LogP contribution in [0.5, 0.6) is 0 Å². The van der Waals surface area contributed by atoms with Crippen molar-refractivity contribution >= 4 is 27.7 Å². The summed E-state index contributed by atoms with van der Waals surface area (Å²) in [5.41, 5.74) is 2.48. The van der Waals surface area contributed by atoms with Gasteiger partial charge in [0.2, 0.25) is 0 Å². The van der Waals surface area contributed by atoms with Crippen molar-refractivity contribution in [2.45, 2.75) is 26.3 Å². The summed E-state index contributed by atoms with van der Waals surface area (Å²) in [6.45, 7) is 2.83. The first-order chi connectivity index (χ1) is 12.1. The van der Waals surface area contributed by atoms with Crippen molar-refractivity contribution in [1.82, 2.24) is 19.6 Å². The van der Waals surface area contributed by atoms with Crippen LogP contribution < -0.4 is 5.32 Å². The van der Waals surface area contributed by atoms with Crippen LogP contribution in [-0.2, 0) is 6.54 Å². The predicted octanol–water partition coefficient (Wildman–Crippen LogP) is 3.80. The van der Waals surface area contributed by atoms with Gasteiger partial charge in [0.1, 0.15) is 5.82 Å². The second-order valence-electron chi connectivity index (χ2n) is 6.41. The first kappa shape index (κ1) is 16.1. The molecular formula is C18H18BrN5O. The maximum Gasteiger partial charge on any atom is 0.256 e. The van der Waals surface area contributed by atoms with Crippen LogP contribution in [0.4, 0.5) is 5.82 Å². The highest BCUT2D eigenvalue weighted by Gasteiger charge is 2.24. The molecule has 0 radical (unpaired) electrons. The van der Waals surface area contributed by atoms with Crippen molar-refractivity contribution in [2.24, 2.45) is 5.92 Å². The third kappa shape index (κ3) is 3.51. The van der Waals surface area contributed by atoms with Crippen molar-refractivity contribution in [3.63, 3.8) is 0 Å². The Morgan fingerprint density at radius 3 is 2.64 bits per heavy atom. The van der Waals surface area contributed by atoms with Crippen molar-refractivity contribution in [1.29, 1.82) is 0 Å². The first-order valence-electron chi connectivity index (χ1n) is 8.24. The van der Waals surface area contributed by atoms with Crippen LogP contribution in [0.15, 0.2) is 47.3 Å². The molecular weight excluding hydrogens is 382 g/mol. The molecule has 0 saturated heterocycles. The number of aromatic nitrogens is 4. The van der Waals surface area contributed by atoms with Gasteiger partial charge < -0.3 is 5.32 Å². The van der Waals surface area contributed by atoms with E-state index in [9.17, 15) is 4.79 Å². The Morgan fingerprint density at radius 1 is 1.24 bits per heavy atom. The summed E-state index contributed by atoms with van der Waals surface area (Å²) in [7, 11) is 0. The number of hydrogen-bond acceptors (Lipinski definition) is 3. The predicted molar refractivity (Wildman–Crippen MR) is 98.9 cm³/mol. The van der Waals surface area contributed by atoms with Crippen molar-refractivity contribution < 1.29 is 4.79 Å². The van der Waals surface area contributed by atoms with E-state index in [0.717, 1.165) is 28.1 Å². The van der Waals surface area contributed by atoms with E-state index in [-0.39, 0.29) is 5.91 Å². The summed E-state index contributed by atoms with van der Waals surface area (Å²) in [4.78, 5) is 12.6. The lowest BCUT2D eigenvalue weighted by atomic mass is 10.2. The number of nitrogens with zero attached hydrogens (tertiary/aromatic N) is 4. The zero-order valence-corrected chi connectivity index (χ0v) is 15.4. The molecule has 7 heteroatoms. The molecule has 25 heavy (non-hydrogen) atoms. The molecule has 1 saturated carbocycles. The molecule has 1 aliphatic rings. The van der Waals surface area contributed by atoms with Crippen molar-refractivity contribution in [3.05, 3.63) is 58.5 Å². The lowest BCUT2D eigenvalue weighted by Gasteiger charge is -2.10. The summed E-state index contributed by atoms with van der Waals surface area (Å²) in [6.07, 6.45) is 7.89. The largest absolute Gasteiger partial charge is 0.307 e. The quantitative estimate of drug-likeness (QED) is 0.709. The Hall–Kier alpha value is -2.41. The van der Waals surface area contributed by atoms with E-state index < -0.39 is 0 Å². The van der Waals surface area contributed by atoms with Crippen LogP contribution in [-0.4, -0.2) is 25.5 Å². The van der Waals surface area contributed by atoms with Crippen LogP contribution in [0.1, 0.15) is 28.8 Å². The number of halogens is 1. The molecule has 0 spiro atoms. The second-order valence-corrected chi connectivity index (χ2v) is 7.32. The molecule has 0 bridgehead atoms. The number of rotatable bonds is 5. The zero-order valence-electron chi connectivity index (χ0n) is 13.8. The monoisotopic (exact) mass is 399 g/mol. The summed E-state index contributed by atoms with van der Waals surface area (Å²) in [6, 6.07) is 7.36. The van der Waals surface area contributed by atoms with Gasteiger partial charge in [-0.05, 0) is 65.9 Å². The third-order valence-corrected chi connectivity index (χ3v) is 4.74. The van der Waals surface area contributed by atoms with Gasteiger partial charge in [-0.1, -0.05) is 0 Å². The number of carbonyl (C=O) groups is 1. The Kier molecular flexibility index (Phi) is 4.17. The Balaban J connectivity index is 1.50. The number of hydrogen-bond donors (Lipinski definition) is 1. The fourth-order valence-corrected chi connectivity index (χ4v) is 3.00. The molecule has 1 aliphatic carbocycles. The molecule has 0 unspecified atom stereocenters. The first-order valence-corrected chi connectivity index (χ1v) is 9.04. The average molecular weight is 400 g/mol. The topological polar surface area (TPSA) is 64.7 Å². The summed E-state index contributed by atoms with van der Waals surface area (Å²) < 4.78 is 4.56. The van der Waals surface area contributed by atoms with Crippen molar-refractivity contribution in [3.8, 4) is 5.69 Å². The number of aryl methyl sites for hydroxylation is 1. The van der Waals surface area contributed by atoms with E-state index in [4.69, 9.17) is 0 Å². The smallest absolute Gasteiger partial charge is 0.256 e. The molecule has 1 fully saturated rings. The molecule has 3 aromatic rings. The van der Waals surface area contributed by atoms with Gasteiger partial charge in [0.15, 0.2) is 0 Å². The number of amides is 1. The van der Waals surface area contributed by atoms with Crippen LogP contribution in [0, 0.1) is 12.8 Å². The molecule has 1 N–H and O–H groups in total. The van der Waals surface area contributed by atoms with Gasteiger partial charge in [-0.3, -0.25) is 4.79 Å². The summed E-state index contributed by atoms with van der Waals surface area (Å²) >= 11 is 3.38. The van der Waals surface area contributed by atoms with Gasteiger partial charge in [0.25, 0.3) is 5.91 Å². The normalized spacial score (nSPS) is 13.8. The molecule has 0 atom stereocenters.